The molecule has 1 amide bonds. The molecule has 1 atom stereocenters. The Hall–Kier alpha value is -3.26. The Morgan fingerprint density at radius 1 is 1.25 bits per heavy atom. The Bertz CT molecular complexity index is 970. The monoisotopic (exact) mass is 382 g/mol. The average Bonchev–Trinajstić information content (AvgIpc) is 3.16. The summed E-state index contributed by atoms with van der Waals surface area (Å²) in [5.41, 5.74) is 2.69. The number of carbonyl (C=O) groups is 1. The van der Waals surface area contributed by atoms with Gasteiger partial charge in [-0.15, -0.1) is 5.10 Å². The van der Waals surface area contributed by atoms with Crippen molar-refractivity contribution >= 4 is 5.91 Å². The molecule has 4 rings (SSSR count). The fourth-order valence-corrected chi connectivity index (χ4v) is 3.08. The lowest BCUT2D eigenvalue weighted by Crippen LogP contribution is -2.27. The van der Waals surface area contributed by atoms with Gasteiger partial charge in [0.05, 0.1) is 26.0 Å². The van der Waals surface area contributed by atoms with Crippen molar-refractivity contribution in [3.05, 3.63) is 76.9 Å². The van der Waals surface area contributed by atoms with Gasteiger partial charge in [-0.05, 0) is 35.4 Å². The maximum Gasteiger partial charge on any atom is 0.274 e. The molecule has 1 aromatic heterocycles. The summed E-state index contributed by atoms with van der Waals surface area (Å²) in [5.74, 6) is 0.160. The van der Waals surface area contributed by atoms with E-state index in [4.69, 9.17) is 9.47 Å². The first-order valence-corrected chi connectivity index (χ1v) is 8.84. The number of aromatic nitrogens is 3. The van der Waals surface area contributed by atoms with Crippen LogP contribution in [0.25, 0.3) is 0 Å². The summed E-state index contributed by atoms with van der Waals surface area (Å²) >= 11 is 0. The number of hydrogen-bond acceptors (Lipinski definition) is 5. The molecule has 1 aliphatic rings. The first-order valence-electron chi connectivity index (χ1n) is 8.84. The molecule has 3 aromatic rings. The van der Waals surface area contributed by atoms with Crippen molar-refractivity contribution < 1.29 is 18.7 Å². The van der Waals surface area contributed by atoms with Crippen molar-refractivity contribution in [2.75, 3.05) is 7.11 Å². The molecule has 0 saturated carbocycles. The minimum Gasteiger partial charge on any atom is -0.497 e. The number of fused-ring (bicyclic) bond motifs is 1. The first kappa shape index (κ1) is 18.1. The Morgan fingerprint density at radius 2 is 2.00 bits per heavy atom. The fraction of sp³-hybridized carbons (Fsp3) is 0.250. The van der Waals surface area contributed by atoms with Crippen molar-refractivity contribution in [3.8, 4) is 5.75 Å². The number of nitrogens with zero attached hydrogens (tertiary/aromatic N) is 3. The lowest BCUT2D eigenvalue weighted by atomic mass is 10.1. The van der Waals surface area contributed by atoms with Crippen LogP contribution in [0.2, 0.25) is 0 Å². The zero-order valence-electron chi connectivity index (χ0n) is 15.3. The molecule has 7 nitrogen and oxygen atoms in total. The van der Waals surface area contributed by atoms with Crippen LogP contribution >= 0.6 is 0 Å². The molecular formula is C20H19FN4O3. The van der Waals surface area contributed by atoms with Gasteiger partial charge in [0.25, 0.3) is 5.91 Å². The van der Waals surface area contributed by atoms with Gasteiger partial charge in [-0.25, -0.2) is 9.07 Å². The van der Waals surface area contributed by atoms with Gasteiger partial charge in [0.2, 0.25) is 0 Å². The van der Waals surface area contributed by atoms with Crippen molar-refractivity contribution in [1.82, 2.24) is 20.3 Å². The lowest BCUT2D eigenvalue weighted by Gasteiger charge is -2.24. The maximum atomic E-state index is 13.1. The number of amides is 1. The molecule has 0 bridgehead atoms. The van der Waals surface area contributed by atoms with E-state index in [-0.39, 0.29) is 30.1 Å². The molecule has 0 unspecified atom stereocenters. The van der Waals surface area contributed by atoms with Crippen LogP contribution in [0, 0.1) is 5.82 Å². The number of nitrogens with one attached hydrogen (secondary N) is 1. The minimum atomic E-state index is -0.305. The van der Waals surface area contributed by atoms with E-state index in [2.05, 4.69) is 15.6 Å². The highest BCUT2D eigenvalue weighted by molar-refractivity contribution is 5.93. The van der Waals surface area contributed by atoms with Gasteiger partial charge in [-0.1, -0.05) is 29.5 Å². The first-order chi connectivity index (χ1) is 13.6. The van der Waals surface area contributed by atoms with E-state index in [1.807, 2.05) is 24.3 Å². The van der Waals surface area contributed by atoms with Crippen LogP contribution in [0.3, 0.4) is 0 Å². The largest absolute Gasteiger partial charge is 0.497 e. The van der Waals surface area contributed by atoms with Crippen molar-refractivity contribution in [1.29, 1.82) is 0 Å². The van der Waals surface area contributed by atoms with E-state index >= 15 is 0 Å². The SMILES string of the molecule is COc1ccc(CNC(=O)c2nnn3c2CO[C@H](c2ccc(F)cc2)C3)cc1. The van der Waals surface area contributed by atoms with Gasteiger partial charge in [0.1, 0.15) is 17.7 Å². The molecule has 0 spiro atoms. The second kappa shape index (κ2) is 7.77. The standard InChI is InChI=1S/C20H19FN4O3/c1-27-16-8-2-13(3-9-16)10-22-20(26)19-17-12-28-18(11-25(17)24-23-19)14-4-6-15(21)7-5-14/h2-9,18H,10-12H2,1H3,(H,22,26)/t18-/m0/s1. The van der Waals surface area contributed by atoms with Crippen LogP contribution in [-0.2, 0) is 24.4 Å². The van der Waals surface area contributed by atoms with Crippen molar-refractivity contribution in [2.45, 2.75) is 25.8 Å². The smallest absolute Gasteiger partial charge is 0.274 e. The van der Waals surface area contributed by atoms with E-state index in [0.717, 1.165) is 16.9 Å². The maximum absolute atomic E-state index is 13.1. The van der Waals surface area contributed by atoms with Gasteiger partial charge < -0.3 is 14.8 Å². The average molecular weight is 382 g/mol. The second-order valence-electron chi connectivity index (χ2n) is 6.45. The summed E-state index contributed by atoms with van der Waals surface area (Å²) in [6.07, 6.45) is -0.259. The van der Waals surface area contributed by atoms with Crippen molar-refractivity contribution in [3.63, 3.8) is 0 Å². The summed E-state index contributed by atoms with van der Waals surface area (Å²) < 4.78 is 25.7. The van der Waals surface area contributed by atoms with E-state index in [1.165, 1.54) is 12.1 Å². The highest BCUT2D eigenvalue weighted by Crippen LogP contribution is 2.27. The van der Waals surface area contributed by atoms with E-state index in [9.17, 15) is 9.18 Å². The number of rotatable bonds is 5. The van der Waals surface area contributed by atoms with Gasteiger partial charge in [-0.3, -0.25) is 4.79 Å². The quantitative estimate of drug-likeness (QED) is 0.734. The summed E-state index contributed by atoms with van der Waals surface area (Å²) in [4.78, 5) is 12.5. The molecule has 144 valence electrons. The fourth-order valence-electron chi connectivity index (χ4n) is 3.08. The molecule has 1 N–H and O–H groups in total. The van der Waals surface area contributed by atoms with Gasteiger partial charge >= 0.3 is 0 Å². The third kappa shape index (κ3) is 3.72. The van der Waals surface area contributed by atoms with E-state index in [0.29, 0.717) is 18.8 Å². The lowest BCUT2D eigenvalue weighted by molar-refractivity contribution is -0.00180. The summed E-state index contributed by atoms with van der Waals surface area (Å²) in [6.45, 7) is 0.994. The van der Waals surface area contributed by atoms with Crippen LogP contribution in [0.5, 0.6) is 5.75 Å². The van der Waals surface area contributed by atoms with E-state index < -0.39 is 0 Å². The van der Waals surface area contributed by atoms with Gasteiger partial charge in [0.15, 0.2) is 5.69 Å². The predicted octanol–water partition coefficient (Wildman–Crippen LogP) is 2.63. The molecule has 0 radical (unpaired) electrons. The number of halogens is 1. The number of carbonyl (C=O) groups excluding carboxylic acids is 1. The van der Waals surface area contributed by atoms with Crippen LogP contribution in [0.4, 0.5) is 4.39 Å². The number of ether oxygens (including phenoxy) is 2. The van der Waals surface area contributed by atoms with Crippen LogP contribution in [0.1, 0.15) is 33.4 Å². The Kier molecular flexibility index (Phi) is 5.03. The highest BCUT2D eigenvalue weighted by atomic mass is 19.1. The summed E-state index contributed by atoms with van der Waals surface area (Å²) in [5, 5.41) is 10.9. The van der Waals surface area contributed by atoms with E-state index in [1.54, 1.807) is 23.9 Å². The Labute approximate surface area is 161 Å². The van der Waals surface area contributed by atoms with Crippen LogP contribution in [0.15, 0.2) is 48.5 Å². The van der Waals surface area contributed by atoms with Gasteiger partial charge in [-0.2, -0.15) is 0 Å². The number of hydrogen-bond donors (Lipinski definition) is 1. The second-order valence-corrected chi connectivity index (χ2v) is 6.45. The van der Waals surface area contributed by atoms with Crippen LogP contribution < -0.4 is 10.1 Å². The predicted molar refractivity (Wildman–Crippen MR) is 98.1 cm³/mol. The molecular weight excluding hydrogens is 363 g/mol. The molecule has 0 fully saturated rings. The van der Waals surface area contributed by atoms with Crippen LogP contribution in [-0.4, -0.2) is 28.0 Å². The summed E-state index contributed by atoms with van der Waals surface area (Å²) in [6, 6.07) is 13.6. The zero-order chi connectivity index (χ0) is 19.5. The Morgan fingerprint density at radius 3 is 2.71 bits per heavy atom. The molecule has 8 heteroatoms. The highest BCUT2D eigenvalue weighted by Gasteiger charge is 2.27. The molecule has 0 saturated heterocycles. The topological polar surface area (TPSA) is 78.3 Å². The number of benzene rings is 2. The molecule has 0 aliphatic carbocycles. The third-order valence-corrected chi connectivity index (χ3v) is 4.67. The Balaban J connectivity index is 1.41. The minimum absolute atomic E-state index is 0.209. The molecule has 2 heterocycles. The zero-order valence-corrected chi connectivity index (χ0v) is 15.3. The number of methoxy groups -OCH3 is 1. The molecule has 1 aliphatic heterocycles. The third-order valence-electron chi connectivity index (χ3n) is 4.67. The molecule has 2 aromatic carbocycles. The normalized spacial score (nSPS) is 15.7. The van der Waals surface area contributed by atoms with Gasteiger partial charge in [0, 0.05) is 6.54 Å². The van der Waals surface area contributed by atoms with Crippen molar-refractivity contribution in [2.24, 2.45) is 0 Å². The summed E-state index contributed by atoms with van der Waals surface area (Å²) in [7, 11) is 1.61. The molecule has 28 heavy (non-hydrogen) atoms.